The van der Waals surface area contributed by atoms with Gasteiger partial charge in [0.2, 0.25) is 0 Å². The van der Waals surface area contributed by atoms with Crippen molar-refractivity contribution in [2.45, 2.75) is 44.2 Å². The van der Waals surface area contributed by atoms with Crippen molar-refractivity contribution >= 4 is 0 Å². The van der Waals surface area contributed by atoms with Gasteiger partial charge in [0.05, 0.1) is 11.9 Å². The van der Waals surface area contributed by atoms with Crippen molar-refractivity contribution in [2.24, 2.45) is 7.05 Å². The minimum absolute atomic E-state index is 0.338. The number of hydrogen-bond donors (Lipinski definition) is 1. The minimum atomic E-state index is 0.338. The Labute approximate surface area is 110 Å². The van der Waals surface area contributed by atoms with Crippen LogP contribution in [0.2, 0.25) is 0 Å². The summed E-state index contributed by atoms with van der Waals surface area (Å²) in [5.74, 6) is 0. The topological polar surface area (TPSA) is 46.0 Å². The first-order chi connectivity index (χ1) is 8.64. The van der Waals surface area contributed by atoms with E-state index in [4.69, 9.17) is 0 Å². The van der Waals surface area contributed by atoms with Gasteiger partial charge in [0, 0.05) is 25.7 Å². The van der Waals surface area contributed by atoms with Crippen molar-refractivity contribution in [1.82, 2.24) is 25.2 Å². The summed E-state index contributed by atoms with van der Waals surface area (Å²) in [5.41, 5.74) is 1.48. The normalized spacial score (nSPS) is 19.3. The Morgan fingerprint density at radius 1 is 1.33 bits per heavy atom. The summed E-state index contributed by atoms with van der Waals surface area (Å²) in [6.07, 6.45) is 8.53. The second-order valence-corrected chi connectivity index (χ2v) is 5.63. The quantitative estimate of drug-likeness (QED) is 0.853. The Hall–Kier alpha value is -0.940. The Morgan fingerprint density at radius 3 is 2.61 bits per heavy atom. The molecule has 2 rings (SSSR count). The number of nitrogens with zero attached hydrogens (tertiary/aromatic N) is 4. The molecule has 1 N–H and O–H groups in total. The average Bonchev–Trinajstić information content (AvgIpc) is 2.76. The zero-order valence-corrected chi connectivity index (χ0v) is 11.8. The van der Waals surface area contributed by atoms with E-state index in [1.165, 1.54) is 32.1 Å². The number of nitrogens with one attached hydrogen (secondary N) is 1. The van der Waals surface area contributed by atoms with Crippen LogP contribution in [0.15, 0.2) is 6.20 Å². The molecule has 0 aliphatic heterocycles. The molecule has 0 atom stereocenters. The van der Waals surface area contributed by atoms with Gasteiger partial charge in [-0.15, -0.1) is 5.10 Å². The summed E-state index contributed by atoms with van der Waals surface area (Å²) in [7, 11) is 6.35. The molecule has 5 nitrogen and oxygen atoms in total. The van der Waals surface area contributed by atoms with Gasteiger partial charge in [-0.3, -0.25) is 4.68 Å². The third-order valence-electron chi connectivity index (χ3n) is 4.30. The monoisotopic (exact) mass is 251 g/mol. The third-order valence-corrected chi connectivity index (χ3v) is 4.30. The van der Waals surface area contributed by atoms with Gasteiger partial charge < -0.3 is 10.2 Å². The zero-order valence-electron chi connectivity index (χ0n) is 11.8. The molecule has 5 heteroatoms. The molecule has 0 unspecified atom stereocenters. The molecule has 1 aromatic rings. The molecule has 0 spiro atoms. The van der Waals surface area contributed by atoms with E-state index >= 15 is 0 Å². The van der Waals surface area contributed by atoms with E-state index in [0.717, 1.165) is 18.8 Å². The molecule has 1 fully saturated rings. The van der Waals surface area contributed by atoms with Gasteiger partial charge in [0.15, 0.2) is 0 Å². The Bertz CT molecular complexity index is 365. The van der Waals surface area contributed by atoms with Crippen LogP contribution in [0.1, 0.15) is 37.8 Å². The summed E-state index contributed by atoms with van der Waals surface area (Å²) < 4.78 is 1.83. The lowest BCUT2D eigenvalue weighted by atomic mass is 9.80. The van der Waals surface area contributed by atoms with E-state index in [1.807, 2.05) is 17.9 Å². The molecular weight excluding hydrogens is 226 g/mol. The predicted octanol–water partition coefficient (Wildman–Crippen LogP) is 1.17. The summed E-state index contributed by atoms with van der Waals surface area (Å²) in [6, 6.07) is 0. The summed E-state index contributed by atoms with van der Waals surface area (Å²) >= 11 is 0. The molecular formula is C13H25N5. The second-order valence-electron chi connectivity index (χ2n) is 5.63. The standard InChI is InChI=1S/C13H25N5/c1-17(2)13(7-5-4-6-8-13)11-14-9-12-10-15-16-18(12)3/h10,14H,4-9,11H2,1-3H3. The van der Waals surface area contributed by atoms with Gasteiger partial charge in [0.25, 0.3) is 0 Å². The molecule has 0 saturated heterocycles. The maximum absolute atomic E-state index is 3.95. The fourth-order valence-corrected chi connectivity index (χ4v) is 2.89. The zero-order chi connectivity index (χ0) is 13.0. The van der Waals surface area contributed by atoms with Crippen molar-refractivity contribution in [1.29, 1.82) is 0 Å². The van der Waals surface area contributed by atoms with Gasteiger partial charge in [0.1, 0.15) is 0 Å². The van der Waals surface area contributed by atoms with Crippen LogP contribution in [0.5, 0.6) is 0 Å². The molecule has 102 valence electrons. The molecule has 0 aromatic carbocycles. The Kier molecular flexibility index (Phi) is 4.35. The fraction of sp³-hybridized carbons (Fsp3) is 0.846. The molecule has 0 amide bonds. The Balaban J connectivity index is 1.88. The lowest BCUT2D eigenvalue weighted by Gasteiger charge is -2.43. The van der Waals surface area contributed by atoms with Gasteiger partial charge >= 0.3 is 0 Å². The molecule has 1 heterocycles. The predicted molar refractivity (Wildman–Crippen MR) is 72.2 cm³/mol. The highest BCUT2D eigenvalue weighted by Crippen LogP contribution is 2.31. The third kappa shape index (κ3) is 2.90. The Morgan fingerprint density at radius 2 is 2.06 bits per heavy atom. The highest BCUT2D eigenvalue weighted by molar-refractivity contribution is 4.96. The van der Waals surface area contributed by atoms with Crippen LogP contribution in [-0.4, -0.2) is 46.1 Å². The van der Waals surface area contributed by atoms with Crippen LogP contribution in [0, 0.1) is 0 Å². The first-order valence-electron chi connectivity index (χ1n) is 6.86. The number of likely N-dealkylation sites (N-methyl/N-ethyl adjacent to an activating group) is 1. The highest BCUT2D eigenvalue weighted by Gasteiger charge is 2.33. The molecule has 1 aliphatic carbocycles. The largest absolute Gasteiger partial charge is 0.309 e. The molecule has 0 bridgehead atoms. The first kappa shape index (κ1) is 13.5. The van der Waals surface area contributed by atoms with Gasteiger partial charge in [-0.05, 0) is 26.9 Å². The second kappa shape index (κ2) is 5.80. The van der Waals surface area contributed by atoms with Crippen LogP contribution in [0.3, 0.4) is 0 Å². The first-order valence-corrected chi connectivity index (χ1v) is 6.86. The lowest BCUT2D eigenvalue weighted by molar-refractivity contribution is 0.0982. The van der Waals surface area contributed by atoms with Crippen molar-refractivity contribution in [3.63, 3.8) is 0 Å². The van der Waals surface area contributed by atoms with E-state index in [2.05, 4.69) is 34.6 Å². The van der Waals surface area contributed by atoms with Gasteiger partial charge in [-0.1, -0.05) is 24.5 Å². The lowest BCUT2D eigenvalue weighted by Crippen LogP contribution is -2.52. The van der Waals surface area contributed by atoms with Crippen molar-refractivity contribution in [3.05, 3.63) is 11.9 Å². The van der Waals surface area contributed by atoms with Crippen molar-refractivity contribution in [3.8, 4) is 0 Å². The van der Waals surface area contributed by atoms with Crippen molar-refractivity contribution < 1.29 is 0 Å². The van der Waals surface area contributed by atoms with E-state index in [9.17, 15) is 0 Å². The molecule has 0 radical (unpaired) electrons. The summed E-state index contributed by atoms with van der Waals surface area (Å²) in [6.45, 7) is 1.89. The van der Waals surface area contributed by atoms with E-state index in [-0.39, 0.29) is 0 Å². The average molecular weight is 251 g/mol. The number of aromatic nitrogens is 3. The van der Waals surface area contributed by atoms with Gasteiger partial charge in [-0.2, -0.15) is 0 Å². The van der Waals surface area contributed by atoms with Crippen LogP contribution in [0.4, 0.5) is 0 Å². The maximum atomic E-state index is 3.95. The summed E-state index contributed by atoms with van der Waals surface area (Å²) in [4.78, 5) is 2.40. The fourth-order valence-electron chi connectivity index (χ4n) is 2.89. The molecule has 18 heavy (non-hydrogen) atoms. The van der Waals surface area contributed by atoms with E-state index < -0.39 is 0 Å². The highest BCUT2D eigenvalue weighted by atomic mass is 15.4. The minimum Gasteiger partial charge on any atom is -0.309 e. The van der Waals surface area contributed by atoms with Gasteiger partial charge in [-0.25, -0.2) is 0 Å². The van der Waals surface area contributed by atoms with Crippen LogP contribution >= 0.6 is 0 Å². The SMILES string of the molecule is CN(C)C1(CNCc2cnnn2C)CCCCC1. The smallest absolute Gasteiger partial charge is 0.0738 e. The molecule has 1 aliphatic rings. The number of hydrogen-bond acceptors (Lipinski definition) is 4. The van der Waals surface area contributed by atoms with Crippen molar-refractivity contribution in [2.75, 3.05) is 20.6 Å². The molecule has 1 aromatic heterocycles. The van der Waals surface area contributed by atoms with Crippen LogP contribution in [-0.2, 0) is 13.6 Å². The molecule has 1 saturated carbocycles. The number of aryl methyl sites for hydroxylation is 1. The number of rotatable bonds is 5. The van der Waals surface area contributed by atoms with E-state index in [0.29, 0.717) is 5.54 Å². The summed E-state index contributed by atoms with van der Waals surface area (Å²) in [5, 5.41) is 11.4. The van der Waals surface area contributed by atoms with Crippen LogP contribution in [0.25, 0.3) is 0 Å². The maximum Gasteiger partial charge on any atom is 0.0738 e. The van der Waals surface area contributed by atoms with E-state index in [1.54, 1.807) is 0 Å². The van der Waals surface area contributed by atoms with Crippen LogP contribution < -0.4 is 5.32 Å².